The summed E-state index contributed by atoms with van der Waals surface area (Å²) in [6, 6.07) is 8.69. The van der Waals surface area contributed by atoms with Gasteiger partial charge in [-0.05, 0) is 24.0 Å². The molecule has 1 heteroatoms. The first-order valence-corrected chi connectivity index (χ1v) is 4.93. The van der Waals surface area contributed by atoms with E-state index in [9.17, 15) is 0 Å². The van der Waals surface area contributed by atoms with Gasteiger partial charge in [-0.25, -0.2) is 0 Å². The Labute approximate surface area is 80.7 Å². The minimum atomic E-state index is 0.716. The topological polar surface area (TPSA) is 9.23 Å². The second kappa shape index (κ2) is 5.76. The highest BCUT2D eigenvalue weighted by atomic mass is 16.5. The summed E-state index contributed by atoms with van der Waals surface area (Å²) >= 11 is 0. The van der Waals surface area contributed by atoms with Gasteiger partial charge < -0.3 is 4.74 Å². The van der Waals surface area contributed by atoms with Crippen molar-refractivity contribution in [3.05, 3.63) is 35.4 Å². The van der Waals surface area contributed by atoms with E-state index in [-0.39, 0.29) is 0 Å². The molecule has 0 N–H and O–H groups in total. The van der Waals surface area contributed by atoms with Crippen LogP contribution in [0.4, 0.5) is 0 Å². The van der Waals surface area contributed by atoms with Gasteiger partial charge in [-0.15, -0.1) is 0 Å². The molecule has 0 aliphatic carbocycles. The molecule has 0 radical (unpaired) electrons. The molecule has 0 heterocycles. The summed E-state index contributed by atoms with van der Waals surface area (Å²) in [6.45, 7) is 2.94. The number of rotatable bonds is 5. The van der Waals surface area contributed by atoms with Gasteiger partial charge >= 0.3 is 0 Å². The third-order valence-corrected chi connectivity index (χ3v) is 2.15. The van der Waals surface area contributed by atoms with Crippen LogP contribution in [0.3, 0.4) is 0 Å². The Morgan fingerprint density at radius 2 is 1.69 bits per heavy atom. The van der Waals surface area contributed by atoms with Gasteiger partial charge in [0.1, 0.15) is 0 Å². The zero-order valence-corrected chi connectivity index (χ0v) is 8.55. The second-order valence-electron chi connectivity index (χ2n) is 3.35. The fourth-order valence-corrected chi connectivity index (χ4v) is 1.35. The average molecular weight is 178 g/mol. The van der Waals surface area contributed by atoms with E-state index in [1.54, 1.807) is 7.11 Å². The number of hydrogen-bond donors (Lipinski definition) is 0. The standard InChI is InChI=1S/C12H18O/c1-3-4-5-11-6-8-12(9-7-11)10-13-2/h6-9H,3-5,10H2,1-2H3. The molecule has 0 amide bonds. The highest BCUT2D eigenvalue weighted by Gasteiger charge is 1.93. The Morgan fingerprint density at radius 1 is 1.08 bits per heavy atom. The molecule has 0 aliphatic rings. The van der Waals surface area contributed by atoms with E-state index in [0.717, 1.165) is 0 Å². The van der Waals surface area contributed by atoms with Gasteiger partial charge in [0, 0.05) is 7.11 Å². The molecular weight excluding hydrogens is 160 g/mol. The predicted molar refractivity (Wildman–Crippen MR) is 55.8 cm³/mol. The number of benzene rings is 1. The number of unbranched alkanes of at least 4 members (excludes halogenated alkanes) is 1. The van der Waals surface area contributed by atoms with Gasteiger partial charge in [0.05, 0.1) is 6.61 Å². The first kappa shape index (κ1) is 10.3. The Morgan fingerprint density at radius 3 is 2.23 bits per heavy atom. The molecule has 0 aromatic heterocycles. The summed E-state index contributed by atoms with van der Waals surface area (Å²) in [5.41, 5.74) is 2.68. The Balaban J connectivity index is 2.48. The molecule has 0 fully saturated rings. The van der Waals surface area contributed by atoms with Gasteiger partial charge in [0.2, 0.25) is 0 Å². The minimum Gasteiger partial charge on any atom is -0.380 e. The Bertz CT molecular complexity index is 225. The summed E-state index contributed by atoms with van der Waals surface area (Å²) in [5.74, 6) is 0. The molecule has 0 saturated carbocycles. The fourth-order valence-electron chi connectivity index (χ4n) is 1.35. The maximum atomic E-state index is 5.05. The summed E-state index contributed by atoms with van der Waals surface area (Å²) in [4.78, 5) is 0. The van der Waals surface area contributed by atoms with Crippen molar-refractivity contribution in [2.45, 2.75) is 32.8 Å². The second-order valence-corrected chi connectivity index (χ2v) is 3.35. The lowest BCUT2D eigenvalue weighted by Crippen LogP contribution is -1.89. The van der Waals surface area contributed by atoms with E-state index in [1.807, 2.05) is 0 Å². The van der Waals surface area contributed by atoms with Crippen molar-refractivity contribution in [2.75, 3.05) is 7.11 Å². The van der Waals surface area contributed by atoms with E-state index in [2.05, 4.69) is 31.2 Å². The number of aryl methyl sites for hydroxylation is 1. The maximum Gasteiger partial charge on any atom is 0.0713 e. The average Bonchev–Trinajstić information content (AvgIpc) is 2.17. The molecule has 13 heavy (non-hydrogen) atoms. The zero-order chi connectivity index (χ0) is 9.52. The molecule has 0 spiro atoms. The molecule has 0 atom stereocenters. The van der Waals surface area contributed by atoms with Gasteiger partial charge in [-0.1, -0.05) is 37.6 Å². The van der Waals surface area contributed by atoms with Crippen LogP contribution in [-0.4, -0.2) is 7.11 Å². The lowest BCUT2D eigenvalue weighted by atomic mass is 10.1. The first-order valence-electron chi connectivity index (χ1n) is 4.93. The van der Waals surface area contributed by atoms with Crippen LogP contribution >= 0.6 is 0 Å². The van der Waals surface area contributed by atoms with Crippen LogP contribution in [0, 0.1) is 0 Å². The fraction of sp³-hybridized carbons (Fsp3) is 0.500. The summed E-state index contributed by atoms with van der Waals surface area (Å²) in [7, 11) is 1.73. The van der Waals surface area contributed by atoms with Crippen LogP contribution in [0.25, 0.3) is 0 Å². The van der Waals surface area contributed by atoms with Crippen LogP contribution in [0.15, 0.2) is 24.3 Å². The molecular formula is C12H18O. The highest BCUT2D eigenvalue weighted by molar-refractivity contribution is 5.22. The third kappa shape index (κ3) is 3.60. The monoisotopic (exact) mass is 178 g/mol. The summed E-state index contributed by atoms with van der Waals surface area (Å²) in [5, 5.41) is 0. The van der Waals surface area contributed by atoms with Gasteiger partial charge in [0.15, 0.2) is 0 Å². The summed E-state index contributed by atoms with van der Waals surface area (Å²) in [6.07, 6.45) is 3.74. The van der Waals surface area contributed by atoms with Crippen molar-refractivity contribution in [3.63, 3.8) is 0 Å². The van der Waals surface area contributed by atoms with Crippen LogP contribution in [0.2, 0.25) is 0 Å². The van der Waals surface area contributed by atoms with Crippen molar-refractivity contribution in [2.24, 2.45) is 0 Å². The normalized spacial score (nSPS) is 10.3. The van der Waals surface area contributed by atoms with Gasteiger partial charge in [-0.3, -0.25) is 0 Å². The quantitative estimate of drug-likeness (QED) is 0.673. The Kier molecular flexibility index (Phi) is 4.55. The predicted octanol–water partition coefficient (Wildman–Crippen LogP) is 3.18. The molecule has 0 unspecified atom stereocenters. The molecule has 0 bridgehead atoms. The Hall–Kier alpha value is -0.820. The lowest BCUT2D eigenvalue weighted by Gasteiger charge is -2.02. The third-order valence-electron chi connectivity index (χ3n) is 2.15. The molecule has 1 nitrogen and oxygen atoms in total. The van der Waals surface area contributed by atoms with Crippen LogP contribution in [0.1, 0.15) is 30.9 Å². The largest absolute Gasteiger partial charge is 0.380 e. The molecule has 1 aromatic rings. The number of ether oxygens (including phenoxy) is 1. The van der Waals surface area contributed by atoms with Crippen LogP contribution < -0.4 is 0 Å². The molecule has 1 rings (SSSR count). The molecule has 0 saturated heterocycles. The van der Waals surface area contributed by atoms with Crippen molar-refractivity contribution >= 4 is 0 Å². The van der Waals surface area contributed by atoms with Crippen molar-refractivity contribution in [1.29, 1.82) is 0 Å². The molecule has 0 aliphatic heterocycles. The molecule has 1 aromatic carbocycles. The number of methoxy groups -OCH3 is 1. The van der Waals surface area contributed by atoms with E-state index in [0.29, 0.717) is 6.61 Å². The molecule has 72 valence electrons. The zero-order valence-electron chi connectivity index (χ0n) is 8.55. The smallest absolute Gasteiger partial charge is 0.0713 e. The van der Waals surface area contributed by atoms with Crippen molar-refractivity contribution in [1.82, 2.24) is 0 Å². The summed E-state index contributed by atoms with van der Waals surface area (Å²) < 4.78 is 5.05. The van der Waals surface area contributed by atoms with Crippen molar-refractivity contribution in [3.8, 4) is 0 Å². The maximum absolute atomic E-state index is 5.05. The SMILES string of the molecule is CCCCc1ccc(COC)cc1. The van der Waals surface area contributed by atoms with Gasteiger partial charge in [-0.2, -0.15) is 0 Å². The van der Waals surface area contributed by atoms with Gasteiger partial charge in [0.25, 0.3) is 0 Å². The number of hydrogen-bond acceptors (Lipinski definition) is 1. The highest BCUT2D eigenvalue weighted by Crippen LogP contribution is 2.08. The lowest BCUT2D eigenvalue weighted by molar-refractivity contribution is 0.185. The van der Waals surface area contributed by atoms with Crippen LogP contribution in [-0.2, 0) is 17.8 Å². The van der Waals surface area contributed by atoms with E-state index in [1.165, 1.54) is 30.4 Å². The van der Waals surface area contributed by atoms with E-state index < -0.39 is 0 Å². The van der Waals surface area contributed by atoms with Crippen molar-refractivity contribution < 1.29 is 4.74 Å². The van der Waals surface area contributed by atoms with E-state index in [4.69, 9.17) is 4.74 Å². The first-order chi connectivity index (χ1) is 6.36. The van der Waals surface area contributed by atoms with E-state index >= 15 is 0 Å². The van der Waals surface area contributed by atoms with Crippen LogP contribution in [0.5, 0.6) is 0 Å². The minimum absolute atomic E-state index is 0.716.